The predicted octanol–water partition coefficient (Wildman–Crippen LogP) is 3.50. The van der Waals surface area contributed by atoms with E-state index < -0.39 is 15.3 Å². The molecule has 1 saturated heterocycles. The van der Waals surface area contributed by atoms with Crippen LogP contribution >= 0.6 is 12.4 Å². The minimum Gasteiger partial charge on any atom is -0.347 e. The topological polar surface area (TPSA) is 66.5 Å². The van der Waals surface area contributed by atoms with Crippen LogP contribution in [0.1, 0.15) is 42.9 Å². The molecule has 0 unspecified atom stereocenters. The first-order valence-electron chi connectivity index (χ1n) is 10.3. The minimum absolute atomic E-state index is 0. The van der Waals surface area contributed by atoms with Crippen LogP contribution in [0.4, 0.5) is 0 Å². The van der Waals surface area contributed by atoms with Crippen LogP contribution in [0.25, 0.3) is 0 Å². The van der Waals surface area contributed by atoms with Crippen molar-refractivity contribution in [2.45, 2.75) is 42.0 Å². The summed E-state index contributed by atoms with van der Waals surface area (Å²) in [6, 6.07) is 16.9. The molecule has 5 nitrogen and oxygen atoms in total. The molecule has 7 heteroatoms. The van der Waals surface area contributed by atoms with E-state index in [2.05, 4.69) is 22.3 Å². The highest BCUT2D eigenvalue weighted by Crippen LogP contribution is 2.49. The van der Waals surface area contributed by atoms with Crippen molar-refractivity contribution in [2.75, 3.05) is 25.9 Å². The zero-order valence-corrected chi connectivity index (χ0v) is 18.8. The molecule has 1 saturated carbocycles. The summed E-state index contributed by atoms with van der Waals surface area (Å²) >= 11 is 0. The number of hydrogen-bond acceptors (Lipinski definition) is 4. The molecule has 30 heavy (non-hydrogen) atoms. The number of hydrogen-bond donors (Lipinski definition) is 1. The molecule has 1 aliphatic heterocycles. The third kappa shape index (κ3) is 4.88. The van der Waals surface area contributed by atoms with E-state index in [0.717, 1.165) is 43.6 Å². The number of amides is 1. The third-order valence-corrected chi connectivity index (χ3v) is 7.26. The van der Waals surface area contributed by atoms with Gasteiger partial charge in [-0.1, -0.05) is 42.5 Å². The fraction of sp³-hybridized carbons (Fsp3) is 0.435. The van der Waals surface area contributed by atoms with Crippen molar-refractivity contribution >= 4 is 28.2 Å². The first-order chi connectivity index (χ1) is 13.9. The molecule has 162 valence electrons. The quantitative estimate of drug-likeness (QED) is 0.704. The summed E-state index contributed by atoms with van der Waals surface area (Å²) in [6.07, 6.45) is 5.11. The van der Waals surface area contributed by atoms with Crippen molar-refractivity contribution in [1.82, 2.24) is 10.2 Å². The summed E-state index contributed by atoms with van der Waals surface area (Å²) in [5.74, 6) is -0.00352. The molecule has 0 spiro atoms. The molecular formula is C23H29ClN2O3S. The van der Waals surface area contributed by atoms with Gasteiger partial charge in [-0.25, -0.2) is 8.42 Å². The normalized spacial score (nSPS) is 19.0. The standard InChI is InChI=1S/C23H28N2O3S.ClH/c1-29(27,28)20-11-7-10-19(16-20)23(12-13-23)22(26)24-21(17-25-14-5-6-15-25)18-8-3-2-4-9-18;/h2-4,7-11,16,21H,5-6,12-15,17H2,1H3,(H,24,26);1H/t21-;/m1./s1. The van der Waals surface area contributed by atoms with E-state index in [1.165, 1.54) is 19.1 Å². The Hall–Kier alpha value is -1.89. The second kappa shape index (κ2) is 9.08. The summed E-state index contributed by atoms with van der Waals surface area (Å²) in [5.41, 5.74) is 1.29. The number of halogens is 1. The van der Waals surface area contributed by atoms with Crippen molar-refractivity contribution in [1.29, 1.82) is 0 Å². The number of carbonyl (C=O) groups is 1. The number of nitrogens with zero attached hydrogens (tertiary/aromatic N) is 1. The highest BCUT2D eigenvalue weighted by atomic mass is 35.5. The van der Waals surface area contributed by atoms with Gasteiger partial charge in [-0.15, -0.1) is 12.4 Å². The molecule has 0 aromatic heterocycles. The maximum Gasteiger partial charge on any atom is 0.231 e. The van der Waals surface area contributed by atoms with Crippen molar-refractivity contribution in [3.63, 3.8) is 0 Å². The Morgan fingerprint density at radius 1 is 1.07 bits per heavy atom. The lowest BCUT2D eigenvalue weighted by molar-refractivity contribution is -0.124. The zero-order chi connectivity index (χ0) is 20.5. The maximum absolute atomic E-state index is 13.4. The molecule has 2 aliphatic rings. The Bertz CT molecular complexity index is 985. The molecule has 1 N–H and O–H groups in total. The van der Waals surface area contributed by atoms with Gasteiger partial charge in [0.05, 0.1) is 16.4 Å². The summed E-state index contributed by atoms with van der Waals surface area (Å²) in [6.45, 7) is 2.94. The number of rotatable bonds is 7. The van der Waals surface area contributed by atoms with Crippen molar-refractivity contribution in [2.24, 2.45) is 0 Å². The van der Waals surface area contributed by atoms with E-state index in [4.69, 9.17) is 0 Å². The average Bonchev–Trinajstić information content (AvgIpc) is 3.38. The van der Waals surface area contributed by atoms with Crippen molar-refractivity contribution < 1.29 is 13.2 Å². The number of benzene rings is 2. The van der Waals surface area contributed by atoms with Gasteiger partial charge in [0.1, 0.15) is 0 Å². The predicted molar refractivity (Wildman–Crippen MR) is 121 cm³/mol. The monoisotopic (exact) mass is 448 g/mol. The van der Waals surface area contributed by atoms with Crippen LogP contribution < -0.4 is 5.32 Å². The lowest BCUT2D eigenvalue weighted by atomic mass is 9.94. The summed E-state index contributed by atoms with van der Waals surface area (Å²) in [7, 11) is -3.30. The summed E-state index contributed by atoms with van der Waals surface area (Å²) in [4.78, 5) is 16.0. The Labute approximate surface area is 185 Å². The van der Waals surface area contributed by atoms with Crippen LogP contribution in [0.3, 0.4) is 0 Å². The van der Waals surface area contributed by atoms with E-state index in [-0.39, 0.29) is 29.3 Å². The number of carbonyl (C=O) groups excluding carboxylic acids is 1. The largest absolute Gasteiger partial charge is 0.347 e. The number of nitrogens with one attached hydrogen (secondary N) is 1. The Kier molecular flexibility index (Phi) is 6.90. The third-order valence-electron chi connectivity index (χ3n) is 6.15. The lowest BCUT2D eigenvalue weighted by Gasteiger charge is -2.27. The van der Waals surface area contributed by atoms with Gasteiger partial charge in [0.15, 0.2) is 9.84 Å². The molecule has 2 aromatic carbocycles. The van der Waals surface area contributed by atoms with E-state index in [1.54, 1.807) is 18.2 Å². The molecule has 4 rings (SSSR count). The number of sulfone groups is 1. The Morgan fingerprint density at radius 3 is 2.33 bits per heavy atom. The first-order valence-corrected chi connectivity index (χ1v) is 12.2. The molecule has 1 heterocycles. The van der Waals surface area contributed by atoms with Crippen LogP contribution in [0.5, 0.6) is 0 Å². The van der Waals surface area contributed by atoms with Gasteiger partial charge >= 0.3 is 0 Å². The molecular weight excluding hydrogens is 420 g/mol. The molecule has 1 amide bonds. The van der Waals surface area contributed by atoms with Crippen molar-refractivity contribution in [3.05, 3.63) is 65.7 Å². The lowest BCUT2D eigenvalue weighted by Crippen LogP contribution is -2.41. The SMILES string of the molecule is CS(=O)(=O)c1cccc(C2(C(=O)N[C@H](CN3CCCC3)c3ccccc3)CC2)c1.Cl. The molecule has 1 aliphatic carbocycles. The van der Waals surface area contributed by atoms with E-state index in [0.29, 0.717) is 0 Å². The highest BCUT2D eigenvalue weighted by Gasteiger charge is 2.52. The Morgan fingerprint density at radius 2 is 1.73 bits per heavy atom. The second-order valence-electron chi connectivity index (χ2n) is 8.33. The van der Waals surface area contributed by atoms with Crippen LogP contribution in [-0.4, -0.2) is 45.1 Å². The zero-order valence-electron chi connectivity index (χ0n) is 17.2. The molecule has 0 bridgehead atoms. The van der Waals surface area contributed by atoms with Crippen LogP contribution in [0.15, 0.2) is 59.5 Å². The van der Waals surface area contributed by atoms with Gasteiger partial charge in [0.25, 0.3) is 0 Å². The molecule has 2 fully saturated rings. The summed E-state index contributed by atoms with van der Waals surface area (Å²) in [5, 5.41) is 3.29. The minimum atomic E-state index is -3.30. The van der Waals surface area contributed by atoms with Gasteiger partial charge in [-0.3, -0.25) is 4.79 Å². The fourth-order valence-corrected chi connectivity index (χ4v) is 4.90. The fourth-order valence-electron chi connectivity index (χ4n) is 4.24. The van der Waals surface area contributed by atoms with Gasteiger partial charge in [0.2, 0.25) is 5.91 Å². The number of likely N-dealkylation sites (tertiary alicyclic amines) is 1. The Balaban J connectivity index is 0.00000256. The highest BCUT2D eigenvalue weighted by molar-refractivity contribution is 7.90. The van der Waals surface area contributed by atoms with Crippen molar-refractivity contribution in [3.8, 4) is 0 Å². The first kappa shape index (κ1) is 22.8. The van der Waals surface area contributed by atoms with Gasteiger partial charge < -0.3 is 10.2 Å². The van der Waals surface area contributed by atoms with E-state index in [1.807, 2.05) is 24.3 Å². The molecule has 0 radical (unpaired) electrons. The maximum atomic E-state index is 13.4. The smallest absolute Gasteiger partial charge is 0.231 e. The average molecular weight is 449 g/mol. The van der Waals surface area contributed by atoms with E-state index in [9.17, 15) is 13.2 Å². The van der Waals surface area contributed by atoms with Gasteiger partial charge in [-0.05, 0) is 62.0 Å². The van der Waals surface area contributed by atoms with Gasteiger partial charge in [-0.2, -0.15) is 0 Å². The second-order valence-corrected chi connectivity index (χ2v) is 10.3. The van der Waals surface area contributed by atoms with E-state index >= 15 is 0 Å². The van der Waals surface area contributed by atoms with Crippen LogP contribution in [0.2, 0.25) is 0 Å². The van der Waals surface area contributed by atoms with Gasteiger partial charge in [0, 0.05) is 12.8 Å². The molecule has 2 aromatic rings. The van der Waals surface area contributed by atoms with Crippen LogP contribution in [0, 0.1) is 0 Å². The van der Waals surface area contributed by atoms with Crippen LogP contribution in [-0.2, 0) is 20.0 Å². The molecule has 1 atom stereocenters. The summed E-state index contributed by atoms with van der Waals surface area (Å²) < 4.78 is 23.9.